The number of halogens is 1. The number of hydrogen-bond donors (Lipinski definition) is 2. The second-order valence-corrected chi connectivity index (χ2v) is 6.72. The molecule has 0 radical (unpaired) electrons. The Morgan fingerprint density at radius 1 is 1.17 bits per heavy atom. The second-order valence-electron chi connectivity index (χ2n) is 5.20. The summed E-state index contributed by atoms with van der Waals surface area (Å²) in [6, 6.07) is 7.50. The molecule has 0 heterocycles. The van der Waals surface area contributed by atoms with Crippen LogP contribution in [-0.2, 0) is 20.8 Å². The van der Waals surface area contributed by atoms with Crippen LogP contribution in [-0.4, -0.2) is 57.1 Å². The van der Waals surface area contributed by atoms with Gasteiger partial charge >= 0.3 is 5.97 Å². The summed E-state index contributed by atoms with van der Waals surface area (Å²) >= 11 is 1.86. The first-order chi connectivity index (χ1) is 10.7. The number of aliphatic carboxylic acids is 1. The van der Waals surface area contributed by atoms with Gasteiger partial charge in [-0.05, 0) is 12.6 Å². The number of carboxylic acids is 1. The van der Waals surface area contributed by atoms with Crippen molar-refractivity contribution < 1.29 is 19.5 Å². The number of nitrogens with zero attached hydrogens (tertiary/aromatic N) is 2. The monoisotopic (exact) mass is 433 g/mol. The summed E-state index contributed by atoms with van der Waals surface area (Å²) in [5, 5.41) is 8.95. The van der Waals surface area contributed by atoms with E-state index in [2.05, 4.69) is 0 Å². The number of primary amides is 1. The second kappa shape index (κ2) is 8.82. The van der Waals surface area contributed by atoms with Crippen molar-refractivity contribution in [3.05, 3.63) is 35.9 Å². The Kier molecular flexibility index (Phi) is 7.43. The summed E-state index contributed by atoms with van der Waals surface area (Å²) in [5.74, 6) is -2.17. The summed E-state index contributed by atoms with van der Waals surface area (Å²) in [7, 11) is 3.08. The van der Waals surface area contributed by atoms with Crippen molar-refractivity contribution in [2.24, 2.45) is 5.73 Å². The standard InChI is InChI=1S/C15H20IN3O4/c1-18(15(23)12(19(2)16)9-13(20)21)11(14(17)22)8-10-6-4-3-5-7-10/h3-7,11-12H,8-9H2,1-2H3,(H2,17,22)(H,20,21)/t11-,12+/m0/s1. The van der Waals surface area contributed by atoms with Crippen LogP contribution in [0.3, 0.4) is 0 Å². The fourth-order valence-electron chi connectivity index (χ4n) is 2.19. The molecule has 1 aromatic carbocycles. The Morgan fingerprint density at radius 2 is 1.74 bits per heavy atom. The Hall–Kier alpha value is -1.68. The van der Waals surface area contributed by atoms with Gasteiger partial charge in [0.15, 0.2) is 0 Å². The molecule has 0 saturated heterocycles. The van der Waals surface area contributed by atoms with Crippen LogP contribution in [0.5, 0.6) is 0 Å². The first-order valence-corrected chi connectivity index (χ1v) is 7.90. The van der Waals surface area contributed by atoms with Crippen LogP contribution in [0.25, 0.3) is 0 Å². The van der Waals surface area contributed by atoms with E-state index < -0.39 is 29.9 Å². The maximum absolute atomic E-state index is 12.6. The SMILES string of the molecule is CN(I)[C@H](CC(=O)O)C(=O)N(C)[C@@H](Cc1ccccc1)C(N)=O. The molecule has 3 N–H and O–H groups in total. The van der Waals surface area contributed by atoms with E-state index in [9.17, 15) is 14.4 Å². The van der Waals surface area contributed by atoms with Gasteiger partial charge in [0.05, 0.1) is 6.42 Å². The van der Waals surface area contributed by atoms with Crippen LogP contribution in [0.1, 0.15) is 12.0 Å². The van der Waals surface area contributed by atoms with Gasteiger partial charge in [0, 0.05) is 36.3 Å². The maximum Gasteiger partial charge on any atom is 0.305 e. The highest BCUT2D eigenvalue weighted by molar-refractivity contribution is 14.1. The molecule has 0 fully saturated rings. The van der Waals surface area contributed by atoms with E-state index >= 15 is 0 Å². The third-order valence-electron chi connectivity index (χ3n) is 3.50. The summed E-state index contributed by atoms with van der Waals surface area (Å²) in [4.78, 5) is 36.5. The van der Waals surface area contributed by atoms with E-state index in [0.717, 1.165) is 5.56 Å². The zero-order chi connectivity index (χ0) is 17.6. The van der Waals surface area contributed by atoms with Crippen LogP contribution in [0.2, 0.25) is 0 Å². The number of carbonyl (C=O) groups is 3. The molecule has 0 aliphatic rings. The molecule has 8 heteroatoms. The molecule has 23 heavy (non-hydrogen) atoms. The number of hydrogen-bond acceptors (Lipinski definition) is 4. The molecule has 7 nitrogen and oxygen atoms in total. The Bertz CT molecular complexity index is 565. The van der Waals surface area contributed by atoms with Crippen LogP contribution in [0.15, 0.2) is 30.3 Å². The molecule has 0 aliphatic carbocycles. The topological polar surface area (TPSA) is 104 Å². The first kappa shape index (κ1) is 19.4. The van der Waals surface area contributed by atoms with Gasteiger partial charge in [-0.3, -0.25) is 14.4 Å². The highest BCUT2D eigenvalue weighted by atomic mass is 127. The highest BCUT2D eigenvalue weighted by Gasteiger charge is 2.33. The van der Waals surface area contributed by atoms with Crippen molar-refractivity contribution in [3.63, 3.8) is 0 Å². The molecule has 2 atom stereocenters. The summed E-state index contributed by atoms with van der Waals surface area (Å²) in [6.07, 6.45) is -0.0669. The van der Waals surface area contributed by atoms with E-state index in [-0.39, 0.29) is 12.8 Å². The highest BCUT2D eigenvalue weighted by Crippen LogP contribution is 2.15. The molecule has 126 valence electrons. The normalized spacial score (nSPS) is 13.4. The van der Waals surface area contributed by atoms with Gasteiger partial charge in [-0.2, -0.15) is 0 Å². The Balaban J connectivity index is 2.95. The van der Waals surface area contributed by atoms with Crippen molar-refractivity contribution in [2.45, 2.75) is 24.9 Å². The number of nitrogens with two attached hydrogens (primary N) is 1. The van der Waals surface area contributed by atoms with Gasteiger partial charge < -0.3 is 15.7 Å². The predicted molar refractivity (Wildman–Crippen MR) is 93.7 cm³/mol. The number of benzene rings is 1. The first-order valence-electron chi connectivity index (χ1n) is 6.94. The van der Waals surface area contributed by atoms with Gasteiger partial charge in [-0.25, -0.2) is 3.11 Å². The van der Waals surface area contributed by atoms with E-state index in [1.807, 2.05) is 53.2 Å². The zero-order valence-electron chi connectivity index (χ0n) is 13.0. The van der Waals surface area contributed by atoms with Crippen molar-refractivity contribution in [1.82, 2.24) is 8.01 Å². The fourth-order valence-corrected chi connectivity index (χ4v) is 2.62. The maximum atomic E-state index is 12.6. The van der Waals surface area contributed by atoms with E-state index in [1.54, 1.807) is 7.05 Å². The molecule has 0 aromatic heterocycles. The molecular formula is C15H20IN3O4. The van der Waals surface area contributed by atoms with Crippen molar-refractivity contribution in [3.8, 4) is 0 Å². The van der Waals surface area contributed by atoms with Crippen molar-refractivity contribution in [1.29, 1.82) is 0 Å². The van der Waals surface area contributed by atoms with Crippen molar-refractivity contribution >= 4 is 40.6 Å². The lowest BCUT2D eigenvalue weighted by Crippen LogP contribution is -2.52. The lowest BCUT2D eigenvalue weighted by molar-refractivity contribution is -0.145. The average molecular weight is 433 g/mol. The minimum Gasteiger partial charge on any atom is -0.481 e. The van der Waals surface area contributed by atoms with Crippen LogP contribution < -0.4 is 5.73 Å². The molecule has 1 aromatic rings. The van der Waals surface area contributed by atoms with Gasteiger partial charge in [0.1, 0.15) is 12.1 Å². The minimum absolute atomic E-state index is 0.281. The molecule has 2 amide bonds. The largest absolute Gasteiger partial charge is 0.481 e. The molecule has 0 aliphatic heterocycles. The summed E-state index contributed by atoms with van der Waals surface area (Å²) in [5.41, 5.74) is 6.31. The fraction of sp³-hybridized carbons (Fsp3) is 0.400. The predicted octanol–water partition coefficient (Wildman–Crippen LogP) is 0.666. The number of likely N-dealkylation sites (N-methyl/N-ethyl adjacent to an activating group) is 2. The summed E-state index contributed by atoms with van der Waals surface area (Å²) in [6.45, 7) is 0. The number of amides is 2. The smallest absolute Gasteiger partial charge is 0.305 e. The average Bonchev–Trinajstić information content (AvgIpc) is 2.49. The lowest BCUT2D eigenvalue weighted by atomic mass is 10.0. The number of carboxylic acid groups (broad SMARTS) is 1. The van der Waals surface area contributed by atoms with Crippen molar-refractivity contribution in [2.75, 3.05) is 14.1 Å². The van der Waals surface area contributed by atoms with Gasteiger partial charge in [-0.1, -0.05) is 30.3 Å². The quantitative estimate of drug-likeness (QED) is 0.463. The lowest BCUT2D eigenvalue weighted by Gasteiger charge is -2.31. The minimum atomic E-state index is -1.08. The van der Waals surface area contributed by atoms with Gasteiger partial charge in [0.25, 0.3) is 0 Å². The summed E-state index contributed by atoms with van der Waals surface area (Å²) < 4.78 is 1.49. The number of carbonyl (C=O) groups excluding carboxylic acids is 2. The molecule has 0 saturated carbocycles. The van der Waals surface area contributed by atoms with Gasteiger partial charge in [-0.15, -0.1) is 0 Å². The molecule has 0 unspecified atom stereocenters. The van der Waals surface area contributed by atoms with Crippen LogP contribution in [0, 0.1) is 0 Å². The van der Waals surface area contributed by atoms with E-state index in [0.29, 0.717) is 0 Å². The van der Waals surface area contributed by atoms with E-state index in [1.165, 1.54) is 15.1 Å². The van der Waals surface area contributed by atoms with Gasteiger partial charge in [0.2, 0.25) is 11.8 Å². The molecule has 0 bridgehead atoms. The Labute approximate surface area is 148 Å². The third kappa shape index (κ3) is 5.79. The third-order valence-corrected chi connectivity index (χ3v) is 4.17. The Morgan fingerprint density at radius 3 is 2.17 bits per heavy atom. The molecule has 0 spiro atoms. The van der Waals surface area contributed by atoms with E-state index in [4.69, 9.17) is 10.8 Å². The van der Waals surface area contributed by atoms with Crippen LogP contribution >= 0.6 is 22.9 Å². The number of rotatable bonds is 8. The molecular weight excluding hydrogens is 413 g/mol. The molecule has 1 rings (SSSR count). The zero-order valence-corrected chi connectivity index (χ0v) is 15.1. The van der Waals surface area contributed by atoms with Crippen LogP contribution in [0.4, 0.5) is 0 Å².